The van der Waals surface area contributed by atoms with Crippen LogP contribution in [0.25, 0.3) is 0 Å². The van der Waals surface area contributed by atoms with Crippen molar-refractivity contribution >= 4 is 33.2 Å². The van der Waals surface area contributed by atoms with Gasteiger partial charge in [0.15, 0.2) is 0 Å². The van der Waals surface area contributed by atoms with Gasteiger partial charge in [0.2, 0.25) is 5.91 Å². The van der Waals surface area contributed by atoms with E-state index in [2.05, 4.69) is 20.8 Å². The second kappa shape index (κ2) is 6.83. The molecule has 1 aromatic heterocycles. The van der Waals surface area contributed by atoms with Gasteiger partial charge in [-0.15, -0.1) is 11.3 Å². The summed E-state index contributed by atoms with van der Waals surface area (Å²) in [5.41, 5.74) is 0. The number of likely N-dealkylation sites (N-methyl/N-ethyl adjacent to an activating group) is 1. The molecule has 1 N–H and O–H groups in total. The number of carbonyl (C=O) groups is 1. The van der Waals surface area contributed by atoms with Crippen LogP contribution in [0, 0.1) is 0 Å². The van der Waals surface area contributed by atoms with Gasteiger partial charge in [0.1, 0.15) is 0 Å². The van der Waals surface area contributed by atoms with Crippen LogP contribution in [0.4, 0.5) is 0 Å². The second-order valence-electron chi connectivity index (χ2n) is 4.91. The number of amides is 1. The van der Waals surface area contributed by atoms with Crippen molar-refractivity contribution in [3.63, 3.8) is 0 Å². The van der Waals surface area contributed by atoms with Crippen LogP contribution in [0.1, 0.15) is 17.7 Å². The van der Waals surface area contributed by atoms with Crippen molar-refractivity contribution in [2.45, 2.75) is 25.4 Å². The van der Waals surface area contributed by atoms with Crippen LogP contribution < -0.4 is 0 Å². The molecule has 6 heteroatoms. The number of aliphatic hydroxyl groups is 1. The first kappa shape index (κ1) is 15.0. The van der Waals surface area contributed by atoms with Gasteiger partial charge in [-0.25, -0.2) is 0 Å². The van der Waals surface area contributed by atoms with Crippen molar-refractivity contribution in [2.75, 3.05) is 26.7 Å². The van der Waals surface area contributed by atoms with E-state index in [1.54, 1.807) is 16.2 Å². The van der Waals surface area contributed by atoms with Gasteiger partial charge in [-0.3, -0.25) is 9.69 Å². The van der Waals surface area contributed by atoms with Gasteiger partial charge in [0.05, 0.1) is 19.7 Å². The molecule has 1 amide bonds. The van der Waals surface area contributed by atoms with E-state index in [1.165, 1.54) is 4.88 Å². The average Bonchev–Trinajstić information content (AvgIpc) is 3.13. The lowest BCUT2D eigenvalue weighted by Crippen LogP contribution is -2.40. The predicted octanol–water partition coefficient (Wildman–Crippen LogP) is 1.93. The van der Waals surface area contributed by atoms with Gasteiger partial charge < -0.3 is 10.0 Å². The first-order chi connectivity index (χ1) is 9.10. The van der Waals surface area contributed by atoms with Crippen LogP contribution in [0.15, 0.2) is 15.9 Å². The molecule has 19 heavy (non-hydrogen) atoms. The molecular weight excluding hydrogens is 328 g/mol. The van der Waals surface area contributed by atoms with Gasteiger partial charge in [-0.1, -0.05) is 0 Å². The summed E-state index contributed by atoms with van der Waals surface area (Å²) in [6.45, 7) is 1.77. The number of hydrogen-bond donors (Lipinski definition) is 1. The SMILES string of the molecule is CN(Cc1cc(Br)cs1)C(=O)CN(CCO)C1CC1. The van der Waals surface area contributed by atoms with E-state index in [4.69, 9.17) is 5.11 Å². The standard InChI is InChI=1S/C13H19BrN2O2S/c1-15(7-12-6-10(14)9-19-12)13(18)8-16(4-5-17)11-2-3-11/h6,9,11,17H,2-5,7-8H2,1H3. The Labute approximate surface area is 126 Å². The van der Waals surface area contributed by atoms with Gasteiger partial charge in [-0.2, -0.15) is 0 Å². The van der Waals surface area contributed by atoms with Crippen molar-refractivity contribution < 1.29 is 9.90 Å². The maximum Gasteiger partial charge on any atom is 0.236 e. The number of aliphatic hydroxyl groups excluding tert-OH is 1. The molecule has 0 saturated heterocycles. The number of thiophene rings is 1. The maximum absolute atomic E-state index is 12.2. The molecular formula is C13H19BrN2O2S. The number of carbonyl (C=O) groups excluding carboxylic acids is 1. The lowest BCUT2D eigenvalue weighted by atomic mass is 10.3. The molecule has 1 saturated carbocycles. The minimum Gasteiger partial charge on any atom is -0.395 e. The highest BCUT2D eigenvalue weighted by atomic mass is 79.9. The monoisotopic (exact) mass is 346 g/mol. The molecule has 1 heterocycles. The highest BCUT2D eigenvalue weighted by molar-refractivity contribution is 9.10. The van der Waals surface area contributed by atoms with Crippen molar-refractivity contribution in [3.05, 3.63) is 20.8 Å². The zero-order valence-corrected chi connectivity index (χ0v) is 13.4. The van der Waals surface area contributed by atoms with E-state index in [-0.39, 0.29) is 12.5 Å². The highest BCUT2D eigenvalue weighted by Gasteiger charge is 2.30. The second-order valence-corrected chi connectivity index (χ2v) is 6.82. The molecule has 0 unspecified atom stereocenters. The van der Waals surface area contributed by atoms with E-state index < -0.39 is 0 Å². The molecule has 1 aliphatic carbocycles. The minimum absolute atomic E-state index is 0.116. The fourth-order valence-corrected chi connectivity index (χ4v) is 3.52. The van der Waals surface area contributed by atoms with E-state index in [1.807, 2.05) is 18.5 Å². The Kier molecular flexibility index (Phi) is 5.38. The zero-order chi connectivity index (χ0) is 13.8. The Morgan fingerprint density at radius 3 is 2.84 bits per heavy atom. The molecule has 0 aromatic carbocycles. The summed E-state index contributed by atoms with van der Waals surface area (Å²) in [5, 5.41) is 11.1. The van der Waals surface area contributed by atoms with Gasteiger partial charge in [0, 0.05) is 34.4 Å². The molecule has 0 radical (unpaired) electrons. The van der Waals surface area contributed by atoms with E-state index in [9.17, 15) is 4.79 Å². The minimum atomic E-state index is 0.116. The summed E-state index contributed by atoms with van der Waals surface area (Å²) in [4.78, 5) is 17.2. The molecule has 0 spiro atoms. The molecule has 106 valence electrons. The van der Waals surface area contributed by atoms with Crippen LogP contribution in [0.5, 0.6) is 0 Å². The Hall–Kier alpha value is -0.430. The molecule has 1 fully saturated rings. The van der Waals surface area contributed by atoms with E-state index >= 15 is 0 Å². The molecule has 0 bridgehead atoms. The van der Waals surface area contributed by atoms with Gasteiger partial charge in [0.25, 0.3) is 0 Å². The quantitative estimate of drug-likeness (QED) is 0.820. The summed E-state index contributed by atoms with van der Waals surface area (Å²) < 4.78 is 1.06. The van der Waals surface area contributed by atoms with Crippen LogP contribution in [-0.2, 0) is 11.3 Å². The van der Waals surface area contributed by atoms with Crippen LogP contribution in [-0.4, -0.2) is 53.6 Å². The fraction of sp³-hybridized carbons (Fsp3) is 0.615. The lowest BCUT2D eigenvalue weighted by Gasteiger charge is -2.24. The Balaban J connectivity index is 1.84. The van der Waals surface area contributed by atoms with Crippen LogP contribution in [0.3, 0.4) is 0 Å². The summed E-state index contributed by atoms with van der Waals surface area (Å²) in [7, 11) is 1.83. The third-order valence-corrected chi connectivity index (χ3v) is 4.91. The zero-order valence-electron chi connectivity index (χ0n) is 11.0. The van der Waals surface area contributed by atoms with Crippen LogP contribution in [0.2, 0.25) is 0 Å². The molecule has 4 nitrogen and oxygen atoms in total. The number of nitrogens with zero attached hydrogens (tertiary/aromatic N) is 2. The number of hydrogen-bond acceptors (Lipinski definition) is 4. The average molecular weight is 347 g/mol. The van der Waals surface area contributed by atoms with Crippen molar-refractivity contribution in [1.82, 2.24) is 9.80 Å². The predicted molar refractivity (Wildman–Crippen MR) is 80.2 cm³/mol. The third-order valence-electron chi connectivity index (χ3n) is 3.23. The summed E-state index contributed by atoms with van der Waals surface area (Å²) in [6.07, 6.45) is 2.30. The van der Waals surface area contributed by atoms with Gasteiger partial charge in [-0.05, 0) is 34.8 Å². The summed E-state index contributed by atoms with van der Waals surface area (Å²) in [6, 6.07) is 2.54. The lowest BCUT2D eigenvalue weighted by molar-refractivity contribution is -0.131. The Morgan fingerprint density at radius 2 is 2.32 bits per heavy atom. The number of rotatable bonds is 7. The number of halogens is 1. The largest absolute Gasteiger partial charge is 0.395 e. The topological polar surface area (TPSA) is 43.8 Å². The summed E-state index contributed by atoms with van der Waals surface area (Å²) >= 11 is 5.07. The highest BCUT2D eigenvalue weighted by Crippen LogP contribution is 2.26. The fourth-order valence-electron chi connectivity index (χ4n) is 2.01. The molecule has 2 rings (SSSR count). The smallest absolute Gasteiger partial charge is 0.236 e. The normalized spacial score (nSPS) is 14.9. The first-order valence-corrected chi connectivity index (χ1v) is 8.09. The van der Waals surface area contributed by atoms with E-state index in [0.29, 0.717) is 25.7 Å². The Morgan fingerprint density at radius 1 is 1.58 bits per heavy atom. The Bertz CT molecular complexity index is 434. The molecule has 1 aliphatic rings. The third kappa shape index (κ3) is 4.56. The molecule has 0 atom stereocenters. The van der Waals surface area contributed by atoms with Crippen molar-refractivity contribution in [2.24, 2.45) is 0 Å². The maximum atomic E-state index is 12.2. The van der Waals surface area contributed by atoms with Gasteiger partial charge >= 0.3 is 0 Å². The van der Waals surface area contributed by atoms with E-state index in [0.717, 1.165) is 17.3 Å². The first-order valence-electron chi connectivity index (χ1n) is 6.42. The van der Waals surface area contributed by atoms with Crippen molar-refractivity contribution in [3.8, 4) is 0 Å². The van der Waals surface area contributed by atoms with Crippen molar-refractivity contribution in [1.29, 1.82) is 0 Å². The summed E-state index contributed by atoms with van der Waals surface area (Å²) in [5.74, 6) is 0.116. The molecule has 1 aromatic rings. The van der Waals surface area contributed by atoms with Crippen LogP contribution >= 0.6 is 27.3 Å². The molecule has 0 aliphatic heterocycles.